The Morgan fingerprint density at radius 1 is 1.00 bits per heavy atom. The molecule has 2 amide bonds. The number of amides is 2. The second kappa shape index (κ2) is 13.8. The number of pyridine rings is 1. The number of hydrogen-bond donors (Lipinski definition) is 2. The molecule has 0 saturated carbocycles. The van der Waals surface area contributed by atoms with Crippen molar-refractivity contribution in [2.24, 2.45) is 0 Å². The number of halogens is 1. The van der Waals surface area contributed by atoms with Crippen LogP contribution in [0.1, 0.15) is 24.1 Å². The normalized spacial score (nSPS) is 14.7. The van der Waals surface area contributed by atoms with E-state index in [9.17, 15) is 13.2 Å². The zero-order chi connectivity index (χ0) is 29.5. The molecule has 0 aliphatic carbocycles. The van der Waals surface area contributed by atoms with Crippen LogP contribution in [0.5, 0.6) is 0 Å². The van der Waals surface area contributed by atoms with Crippen molar-refractivity contribution in [1.82, 2.24) is 19.5 Å². The third-order valence-electron chi connectivity index (χ3n) is 7.65. The van der Waals surface area contributed by atoms with Gasteiger partial charge in [0.15, 0.2) is 0 Å². The van der Waals surface area contributed by atoms with E-state index >= 15 is 0 Å². The van der Waals surface area contributed by atoms with Crippen LogP contribution < -0.4 is 10.6 Å². The maximum Gasteiger partial charge on any atom is 0.319 e. The monoisotopic (exact) mass is 649 g/mol. The zero-order valence-corrected chi connectivity index (χ0v) is 26.1. The molecule has 10 heteroatoms. The van der Waals surface area contributed by atoms with Crippen molar-refractivity contribution in [2.75, 3.05) is 38.0 Å². The Hall–Kier alpha value is -3.31. The van der Waals surface area contributed by atoms with Crippen LogP contribution >= 0.6 is 15.9 Å². The molecule has 3 aromatic carbocycles. The summed E-state index contributed by atoms with van der Waals surface area (Å²) in [7, 11) is -3.66. The molecular weight excluding hydrogens is 614 g/mol. The van der Waals surface area contributed by atoms with E-state index in [0.29, 0.717) is 31.0 Å². The molecule has 1 fully saturated rings. The standard InChI is InChI=1S/C32H36BrN5O3S/c1-24-23-31(29-9-5-6-10-30(29)35-24)36-32(39)34-18-22-37-19-16-27(17-20-37)38(21-15-25-7-3-2-4-8-25)42(40,41)28-13-11-26(33)12-14-28/h2-14,23,27H,15-22H2,1H3,(H2,34,35,36,39). The highest BCUT2D eigenvalue weighted by atomic mass is 79.9. The molecule has 4 aromatic rings. The highest BCUT2D eigenvalue weighted by Crippen LogP contribution is 2.26. The van der Waals surface area contributed by atoms with Gasteiger partial charge in [-0.1, -0.05) is 64.5 Å². The lowest BCUT2D eigenvalue weighted by molar-refractivity contribution is 0.160. The molecule has 0 spiro atoms. The van der Waals surface area contributed by atoms with Gasteiger partial charge in [-0.15, -0.1) is 0 Å². The Bertz CT molecular complexity index is 1610. The fourth-order valence-electron chi connectivity index (χ4n) is 5.46. The maximum absolute atomic E-state index is 13.8. The largest absolute Gasteiger partial charge is 0.337 e. The number of carbonyl (C=O) groups is 1. The summed E-state index contributed by atoms with van der Waals surface area (Å²) < 4.78 is 30.1. The van der Waals surface area contributed by atoms with E-state index < -0.39 is 10.0 Å². The number of aryl methyl sites for hydroxylation is 1. The molecule has 0 unspecified atom stereocenters. The Kier molecular flexibility index (Phi) is 9.89. The number of likely N-dealkylation sites (tertiary alicyclic amines) is 1. The third kappa shape index (κ3) is 7.55. The van der Waals surface area contributed by atoms with Crippen molar-refractivity contribution < 1.29 is 13.2 Å². The molecule has 0 bridgehead atoms. The number of benzene rings is 3. The van der Waals surface area contributed by atoms with Crippen LogP contribution in [0.2, 0.25) is 0 Å². The number of carbonyl (C=O) groups excluding carboxylic acids is 1. The fourth-order valence-corrected chi connectivity index (χ4v) is 7.41. The van der Waals surface area contributed by atoms with Crippen LogP contribution in [-0.4, -0.2) is 67.4 Å². The third-order valence-corrected chi connectivity index (χ3v) is 10.1. The van der Waals surface area contributed by atoms with Gasteiger partial charge in [0.25, 0.3) is 0 Å². The van der Waals surface area contributed by atoms with E-state index in [0.717, 1.165) is 58.3 Å². The number of para-hydroxylation sites is 1. The first-order chi connectivity index (χ1) is 20.3. The lowest BCUT2D eigenvalue weighted by Gasteiger charge is -2.38. The molecule has 1 aromatic heterocycles. The summed E-state index contributed by atoms with van der Waals surface area (Å²) in [6.45, 7) is 5.05. The molecule has 5 rings (SSSR count). The Morgan fingerprint density at radius 2 is 1.69 bits per heavy atom. The highest BCUT2D eigenvalue weighted by molar-refractivity contribution is 9.10. The summed E-state index contributed by atoms with van der Waals surface area (Å²) in [5, 5.41) is 6.83. The molecular formula is C32H36BrN5O3S. The van der Waals surface area contributed by atoms with Gasteiger partial charge in [-0.3, -0.25) is 4.98 Å². The molecule has 42 heavy (non-hydrogen) atoms. The summed E-state index contributed by atoms with van der Waals surface area (Å²) in [6.07, 6.45) is 2.13. The number of piperidine rings is 1. The lowest BCUT2D eigenvalue weighted by atomic mass is 10.0. The van der Waals surface area contributed by atoms with Crippen LogP contribution in [-0.2, 0) is 16.4 Å². The van der Waals surface area contributed by atoms with Crippen molar-refractivity contribution in [2.45, 2.75) is 37.1 Å². The number of nitrogens with zero attached hydrogens (tertiary/aromatic N) is 3. The maximum atomic E-state index is 13.8. The van der Waals surface area contributed by atoms with E-state index in [4.69, 9.17) is 0 Å². The second-order valence-corrected chi connectivity index (χ2v) is 13.4. The predicted octanol–water partition coefficient (Wildman–Crippen LogP) is 5.83. The number of anilines is 1. The number of hydrogen-bond acceptors (Lipinski definition) is 5. The smallest absolute Gasteiger partial charge is 0.319 e. The molecule has 2 N–H and O–H groups in total. The first-order valence-corrected chi connectivity index (χ1v) is 16.5. The predicted molar refractivity (Wildman–Crippen MR) is 171 cm³/mol. The summed E-state index contributed by atoms with van der Waals surface area (Å²) >= 11 is 3.41. The van der Waals surface area contributed by atoms with E-state index in [1.54, 1.807) is 28.6 Å². The van der Waals surface area contributed by atoms with Gasteiger partial charge in [-0.05, 0) is 81.2 Å². The van der Waals surface area contributed by atoms with Crippen LogP contribution in [0, 0.1) is 6.92 Å². The number of rotatable bonds is 10. The second-order valence-electron chi connectivity index (χ2n) is 10.6. The van der Waals surface area contributed by atoms with Crippen LogP contribution in [0.25, 0.3) is 10.9 Å². The van der Waals surface area contributed by atoms with Gasteiger partial charge in [-0.2, -0.15) is 4.31 Å². The van der Waals surface area contributed by atoms with Gasteiger partial charge >= 0.3 is 6.03 Å². The summed E-state index contributed by atoms with van der Waals surface area (Å²) in [4.78, 5) is 19.8. The first kappa shape index (κ1) is 30.2. The topological polar surface area (TPSA) is 94.6 Å². The van der Waals surface area contributed by atoms with Gasteiger partial charge < -0.3 is 15.5 Å². The average molecular weight is 651 g/mol. The van der Waals surface area contributed by atoms with E-state index in [1.165, 1.54) is 0 Å². The quantitative estimate of drug-likeness (QED) is 0.226. The van der Waals surface area contributed by atoms with E-state index in [1.807, 2.05) is 67.6 Å². The van der Waals surface area contributed by atoms with Gasteiger partial charge in [0, 0.05) is 41.2 Å². The number of urea groups is 1. The van der Waals surface area contributed by atoms with E-state index in [2.05, 4.69) is 36.4 Å². The van der Waals surface area contributed by atoms with Crippen molar-refractivity contribution in [1.29, 1.82) is 0 Å². The molecule has 2 heterocycles. The van der Waals surface area contributed by atoms with Gasteiger partial charge in [0.1, 0.15) is 0 Å². The van der Waals surface area contributed by atoms with E-state index in [-0.39, 0.29) is 12.1 Å². The Morgan fingerprint density at radius 3 is 2.43 bits per heavy atom. The van der Waals surface area contributed by atoms with Crippen LogP contribution in [0.3, 0.4) is 0 Å². The highest BCUT2D eigenvalue weighted by Gasteiger charge is 2.33. The molecule has 0 radical (unpaired) electrons. The zero-order valence-electron chi connectivity index (χ0n) is 23.7. The summed E-state index contributed by atoms with van der Waals surface area (Å²) in [6, 6.07) is 26.1. The van der Waals surface area contributed by atoms with Crippen molar-refractivity contribution in [3.8, 4) is 0 Å². The molecule has 1 aliphatic rings. The van der Waals surface area contributed by atoms with Crippen molar-refractivity contribution >= 4 is 48.6 Å². The Balaban J connectivity index is 1.16. The SMILES string of the molecule is Cc1cc(NC(=O)NCCN2CCC(N(CCc3ccccc3)S(=O)(=O)c3ccc(Br)cc3)CC2)c2ccccc2n1. The number of sulfonamides is 1. The van der Waals surface area contributed by atoms with Crippen LogP contribution in [0.15, 0.2) is 94.3 Å². The summed E-state index contributed by atoms with van der Waals surface area (Å²) in [5.41, 5.74) is 3.53. The Labute approximate surface area is 256 Å². The minimum atomic E-state index is -3.66. The van der Waals surface area contributed by atoms with Gasteiger partial charge in [-0.25, -0.2) is 13.2 Å². The van der Waals surface area contributed by atoms with Crippen molar-refractivity contribution in [3.63, 3.8) is 0 Å². The van der Waals surface area contributed by atoms with Gasteiger partial charge in [0.05, 0.1) is 16.1 Å². The molecule has 1 saturated heterocycles. The molecule has 1 aliphatic heterocycles. The molecule has 8 nitrogen and oxygen atoms in total. The number of aromatic nitrogens is 1. The molecule has 220 valence electrons. The minimum Gasteiger partial charge on any atom is -0.337 e. The first-order valence-electron chi connectivity index (χ1n) is 14.2. The minimum absolute atomic E-state index is 0.0851. The number of fused-ring (bicyclic) bond motifs is 1. The molecule has 0 atom stereocenters. The summed E-state index contributed by atoms with van der Waals surface area (Å²) in [5.74, 6) is 0. The lowest BCUT2D eigenvalue weighted by Crippen LogP contribution is -2.49. The van der Waals surface area contributed by atoms with Gasteiger partial charge in [0.2, 0.25) is 10.0 Å². The number of nitrogens with one attached hydrogen (secondary N) is 2. The fraction of sp³-hybridized carbons (Fsp3) is 0.312. The van der Waals surface area contributed by atoms with Crippen LogP contribution in [0.4, 0.5) is 10.5 Å². The average Bonchev–Trinajstić information content (AvgIpc) is 2.98. The van der Waals surface area contributed by atoms with Crippen molar-refractivity contribution in [3.05, 3.63) is 101 Å².